The van der Waals surface area contributed by atoms with Crippen LogP contribution in [0.2, 0.25) is 0 Å². The first-order valence-electron chi connectivity index (χ1n) is 9.95. The van der Waals surface area contributed by atoms with Crippen LogP contribution in [0.5, 0.6) is 0 Å². The molecule has 0 fully saturated rings. The van der Waals surface area contributed by atoms with E-state index in [2.05, 4.69) is 32.0 Å². The fourth-order valence-electron chi connectivity index (χ4n) is 3.18. The summed E-state index contributed by atoms with van der Waals surface area (Å²) in [6, 6.07) is 6.84. The highest BCUT2D eigenvalue weighted by atomic mass is 32.2. The third-order valence-corrected chi connectivity index (χ3v) is 6.21. The van der Waals surface area contributed by atoms with Crippen LogP contribution in [0, 0.1) is 0 Å². The Hall–Kier alpha value is -0.870. The molecule has 0 aromatic heterocycles. The average molecular weight is 369 g/mol. The first-order valence-corrected chi connectivity index (χ1v) is 11.5. The van der Waals surface area contributed by atoms with E-state index in [1.807, 2.05) is 0 Å². The minimum absolute atomic E-state index is 0.505. The molecule has 0 spiro atoms. The van der Waals surface area contributed by atoms with E-state index in [4.69, 9.17) is 4.55 Å². The first kappa shape index (κ1) is 22.2. The lowest BCUT2D eigenvalue weighted by molar-refractivity contribution is 0.464. The molecule has 3 nitrogen and oxygen atoms in total. The van der Waals surface area contributed by atoms with E-state index in [9.17, 15) is 8.42 Å². The molecule has 1 rings (SSSR count). The molecule has 0 saturated carbocycles. The summed E-state index contributed by atoms with van der Waals surface area (Å²) in [6.07, 6.45) is 11.9. The van der Waals surface area contributed by atoms with Gasteiger partial charge in [-0.3, -0.25) is 4.55 Å². The Morgan fingerprint density at radius 1 is 0.880 bits per heavy atom. The predicted molar refractivity (Wildman–Crippen MR) is 107 cm³/mol. The average Bonchev–Trinajstić information content (AvgIpc) is 2.56. The second-order valence-corrected chi connectivity index (χ2v) is 9.07. The van der Waals surface area contributed by atoms with E-state index >= 15 is 0 Å². The van der Waals surface area contributed by atoms with Crippen molar-refractivity contribution in [2.45, 2.75) is 96.7 Å². The molecule has 144 valence electrons. The zero-order valence-corrected chi connectivity index (χ0v) is 17.1. The molecule has 0 heterocycles. The van der Waals surface area contributed by atoms with Crippen LogP contribution in [-0.4, -0.2) is 18.2 Å². The molecule has 1 unspecified atom stereocenters. The standard InChI is InChI=1S/C21H36O3S/c1-4-6-8-12-19-15-16-20(21(17-19)13-9-7-5-2)14-10-11-18(3)25(22,23)24/h15-18H,4-14H2,1-3H3,(H,22,23,24). The highest BCUT2D eigenvalue weighted by molar-refractivity contribution is 7.86. The molecule has 1 aromatic rings. The fourth-order valence-corrected chi connectivity index (χ4v) is 3.65. The van der Waals surface area contributed by atoms with Gasteiger partial charge in [-0.15, -0.1) is 0 Å². The quantitative estimate of drug-likeness (QED) is 0.356. The van der Waals surface area contributed by atoms with E-state index in [-0.39, 0.29) is 0 Å². The molecule has 1 atom stereocenters. The van der Waals surface area contributed by atoms with Crippen LogP contribution in [0.4, 0.5) is 0 Å². The lowest BCUT2D eigenvalue weighted by Gasteiger charge is -2.13. The first-order chi connectivity index (χ1) is 11.9. The molecule has 4 heteroatoms. The Labute approximate surface area is 155 Å². The Kier molecular flexibility index (Phi) is 10.4. The summed E-state index contributed by atoms with van der Waals surface area (Å²) in [5.74, 6) is 0. The van der Waals surface area contributed by atoms with Gasteiger partial charge in [0.15, 0.2) is 0 Å². The highest BCUT2D eigenvalue weighted by Gasteiger charge is 2.16. The third-order valence-electron chi connectivity index (χ3n) is 4.95. The van der Waals surface area contributed by atoms with Gasteiger partial charge in [-0.1, -0.05) is 57.7 Å². The van der Waals surface area contributed by atoms with Gasteiger partial charge in [-0.2, -0.15) is 8.42 Å². The third kappa shape index (κ3) is 8.87. The lowest BCUT2D eigenvalue weighted by atomic mass is 9.93. The van der Waals surface area contributed by atoms with E-state index < -0.39 is 15.4 Å². The molecular formula is C21H36O3S. The summed E-state index contributed by atoms with van der Waals surface area (Å²) in [6.45, 7) is 6.03. The van der Waals surface area contributed by atoms with Crippen LogP contribution >= 0.6 is 0 Å². The number of unbranched alkanes of at least 4 members (excludes halogenated alkanes) is 4. The van der Waals surface area contributed by atoms with Gasteiger partial charge in [0.2, 0.25) is 0 Å². The molecule has 0 aliphatic carbocycles. The smallest absolute Gasteiger partial charge is 0.267 e. The summed E-state index contributed by atoms with van der Waals surface area (Å²) < 4.78 is 31.4. The minimum Gasteiger partial charge on any atom is -0.285 e. The number of rotatable bonds is 13. The molecule has 0 radical (unpaired) electrons. The van der Waals surface area contributed by atoms with Gasteiger partial charge in [-0.25, -0.2) is 0 Å². The monoisotopic (exact) mass is 368 g/mol. The lowest BCUT2D eigenvalue weighted by Crippen LogP contribution is -2.16. The Morgan fingerprint density at radius 2 is 1.48 bits per heavy atom. The van der Waals surface area contributed by atoms with Crippen LogP contribution in [-0.2, 0) is 29.4 Å². The van der Waals surface area contributed by atoms with Crippen LogP contribution in [0.3, 0.4) is 0 Å². The summed E-state index contributed by atoms with van der Waals surface area (Å²) in [5, 5.41) is -0.677. The maximum absolute atomic E-state index is 11.1. The van der Waals surface area contributed by atoms with Crippen LogP contribution in [0.15, 0.2) is 18.2 Å². The molecule has 0 bridgehead atoms. The number of hydrogen-bond donors (Lipinski definition) is 1. The maximum atomic E-state index is 11.1. The normalized spacial score (nSPS) is 13.1. The van der Waals surface area contributed by atoms with Crippen molar-refractivity contribution in [1.82, 2.24) is 0 Å². The molecule has 0 aliphatic rings. The number of hydrogen-bond acceptors (Lipinski definition) is 2. The Morgan fingerprint density at radius 3 is 2.08 bits per heavy atom. The van der Waals surface area contributed by atoms with Crippen molar-refractivity contribution in [3.05, 3.63) is 34.9 Å². The van der Waals surface area contributed by atoms with Crippen molar-refractivity contribution >= 4 is 10.1 Å². The van der Waals surface area contributed by atoms with Gasteiger partial charge in [0, 0.05) is 0 Å². The topological polar surface area (TPSA) is 54.4 Å². The number of aryl methyl sites for hydroxylation is 3. The van der Waals surface area contributed by atoms with Gasteiger partial charge in [0.1, 0.15) is 0 Å². The largest absolute Gasteiger partial charge is 0.285 e. The van der Waals surface area contributed by atoms with E-state index in [1.165, 1.54) is 55.2 Å². The number of benzene rings is 1. The summed E-state index contributed by atoms with van der Waals surface area (Å²) in [4.78, 5) is 0. The molecule has 0 amide bonds. The highest BCUT2D eigenvalue weighted by Crippen LogP contribution is 2.20. The fraction of sp³-hybridized carbons (Fsp3) is 0.714. The minimum atomic E-state index is -3.90. The van der Waals surface area contributed by atoms with Crippen LogP contribution in [0.25, 0.3) is 0 Å². The van der Waals surface area contributed by atoms with E-state index in [0.29, 0.717) is 6.42 Å². The molecule has 0 aliphatic heterocycles. The summed E-state index contributed by atoms with van der Waals surface area (Å²) in [5.41, 5.74) is 4.20. The van der Waals surface area contributed by atoms with Crippen molar-refractivity contribution in [3.63, 3.8) is 0 Å². The van der Waals surface area contributed by atoms with Gasteiger partial charge >= 0.3 is 0 Å². The molecular weight excluding hydrogens is 332 g/mol. The van der Waals surface area contributed by atoms with Crippen molar-refractivity contribution in [2.75, 3.05) is 0 Å². The van der Waals surface area contributed by atoms with Crippen LogP contribution < -0.4 is 0 Å². The zero-order valence-electron chi connectivity index (χ0n) is 16.3. The van der Waals surface area contributed by atoms with Crippen molar-refractivity contribution < 1.29 is 13.0 Å². The Balaban J connectivity index is 2.71. The van der Waals surface area contributed by atoms with Gasteiger partial charge in [0.05, 0.1) is 5.25 Å². The molecule has 1 N–H and O–H groups in total. The van der Waals surface area contributed by atoms with E-state index in [1.54, 1.807) is 6.92 Å². The summed E-state index contributed by atoms with van der Waals surface area (Å²) in [7, 11) is -3.90. The van der Waals surface area contributed by atoms with E-state index in [0.717, 1.165) is 25.7 Å². The molecule has 1 aromatic carbocycles. The van der Waals surface area contributed by atoms with Crippen LogP contribution in [0.1, 0.15) is 88.8 Å². The van der Waals surface area contributed by atoms with Gasteiger partial charge < -0.3 is 0 Å². The second kappa shape index (κ2) is 11.7. The maximum Gasteiger partial charge on any atom is 0.267 e. The second-order valence-electron chi connectivity index (χ2n) is 7.24. The zero-order chi connectivity index (χ0) is 18.7. The SMILES string of the molecule is CCCCCc1ccc(CCCC(C)S(=O)(=O)O)c(CCCCC)c1. The van der Waals surface area contributed by atoms with Crippen molar-refractivity contribution in [2.24, 2.45) is 0 Å². The van der Waals surface area contributed by atoms with Crippen molar-refractivity contribution in [3.8, 4) is 0 Å². The Bertz CT molecular complexity index is 593. The molecule has 0 saturated heterocycles. The van der Waals surface area contributed by atoms with Gasteiger partial charge in [-0.05, 0) is 68.6 Å². The van der Waals surface area contributed by atoms with Gasteiger partial charge in [0.25, 0.3) is 10.1 Å². The predicted octanol–water partition coefficient (Wildman–Crippen LogP) is 5.75. The summed E-state index contributed by atoms with van der Waals surface area (Å²) >= 11 is 0. The molecule has 25 heavy (non-hydrogen) atoms. The van der Waals surface area contributed by atoms with Crippen molar-refractivity contribution in [1.29, 1.82) is 0 Å².